The van der Waals surface area contributed by atoms with E-state index in [1.54, 1.807) is 36.6 Å². The Bertz CT molecular complexity index is 713. The third-order valence-electron chi connectivity index (χ3n) is 2.90. The number of thiophene rings is 1. The van der Waals surface area contributed by atoms with Gasteiger partial charge in [0.15, 0.2) is 11.5 Å². The number of hydrazone groups is 1. The first-order valence-electron chi connectivity index (χ1n) is 6.37. The lowest BCUT2D eigenvalue weighted by Gasteiger charge is -2.08. The van der Waals surface area contributed by atoms with Gasteiger partial charge >= 0.3 is 0 Å². The van der Waals surface area contributed by atoms with Crippen LogP contribution in [0.4, 0.5) is 0 Å². The Kier molecular flexibility index (Phi) is 5.57. The predicted molar refractivity (Wildman–Crippen MR) is 91.2 cm³/mol. The van der Waals surface area contributed by atoms with Gasteiger partial charge in [-0.15, -0.1) is 11.3 Å². The van der Waals surface area contributed by atoms with Gasteiger partial charge < -0.3 is 9.47 Å². The number of hydrogen-bond acceptors (Lipinski definition) is 5. The minimum absolute atomic E-state index is 0.309. The maximum Gasteiger partial charge on any atom is 0.271 e. The van der Waals surface area contributed by atoms with E-state index in [4.69, 9.17) is 9.47 Å². The monoisotopic (exact) mass is 382 g/mol. The average molecular weight is 383 g/mol. The molecule has 0 atom stereocenters. The van der Waals surface area contributed by atoms with Crippen LogP contribution in [0.2, 0.25) is 0 Å². The Hall–Kier alpha value is -1.86. The van der Waals surface area contributed by atoms with Crippen molar-refractivity contribution in [2.45, 2.75) is 6.92 Å². The van der Waals surface area contributed by atoms with Crippen LogP contribution in [0.25, 0.3) is 0 Å². The van der Waals surface area contributed by atoms with E-state index >= 15 is 0 Å². The first-order valence-corrected chi connectivity index (χ1v) is 7.98. The molecule has 0 saturated carbocycles. The van der Waals surface area contributed by atoms with Crippen molar-refractivity contribution >= 4 is 38.9 Å². The van der Waals surface area contributed by atoms with Crippen LogP contribution >= 0.6 is 27.3 Å². The summed E-state index contributed by atoms with van der Waals surface area (Å²) in [6.45, 7) is 1.84. The highest BCUT2D eigenvalue weighted by atomic mass is 79.9. The van der Waals surface area contributed by atoms with E-state index in [2.05, 4.69) is 26.5 Å². The number of amides is 1. The minimum Gasteiger partial charge on any atom is -0.493 e. The van der Waals surface area contributed by atoms with Crippen molar-refractivity contribution in [2.24, 2.45) is 5.10 Å². The molecule has 0 saturated heterocycles. The smallest absolute Gasteiger partial charge is 0.271 e. The van der Waals surface area contributed by atoms with E-state index < -0.39 is 0 Å². The number of methoxy groups -OCH3 is 2. The van der Waals surface area contributed by atoms with Gasteiger partial charge in [-0.1, -0.05) is 0 Å². The summed E-state index contributed by atoms with van der Waals surface area (Å²) in [5.74, 6) is 0.760. The Morgan fingerprint density at radius 3 is 2.50 bits per heavy atom. The topological polar surface area (TPSA) is 59.9 Å². The van der Waals surface area contributed by atoms with Crippen LogP contribution < -0.4 is 14.9 Å². The van der Waals surface area contributed by atoms with Crippen molar-refractivity contribution in [3.8, 4) is 11.5 Å². The standard InChI is InChI=1S/C15H15BrN2O3S/c1-9(13-6-7-14(16)22-13)17-18-15(19)10-4-5-11(20-2)12(8-10)21-3/h4-8H,1-3H3,(H,18,19)/b17-9-. The van der Waals surface area contributed by atoms with Gasteiger partial charge in [-0.3, -0.25) is 4.79 Å². The lowest BCUT2D eigenvalue weighted by molar-refractivity contribution is 0.0954. The summed E-state index contributed by atoms with van der Waals surface area (Å²) in [6, 6.07) is 8.83. The largest absolute Gasteiger partial charge is 0.493 e. The minimum atomic E-state index is -0.309. The lowest BCUT2D eigenvalue weighted by atomic mass is 10.2. The van der Waals surface area contributed by atoms with Crippen LogP contribution in [0.5, 0.6) is 11.5 Å². The molecule has 1 aromatic heterocycles. The zero-order valence-electron chi connectivity index (χ0n) is 12.3. The maximum absolute atomic E-state index is 12.1. The highest BCUT2D eigenvalue weighted by Gasteiger charge is 2.10. The second-order valence-corrected chi connectivity index (χ2v) is 6.77. The Morgan fingerprint density at radius 2 is 1.91 bits per heavy atom. The normalized spacial score (nSPS) is 11.2. The first kappa shape index (κ1) is 16.5. The lowest BCUT2D eigenvalue weighted by Crippen LogP contribution is -2.19. The molecule has 0 aliphatic carbocycles. The zero-order valence-corrected chi connectivity index (χ0v) is 14.7. The maximum atomic E-state index is 12.1. The fourth-order valence-corrected chi connectivity index (χ4v) is 3.07. The number of nitrogens with zero attached hydrogens (tertiary/aromatic N) is 1. The van der Waals surface area contributed by atoms with E-state index in [9.17, 15) is 4.79 Å². The molecule has 1 heterocycles. The van der Waals surface area contributed by atoms with Crippen molar-refractivity contribution in [1.82, 2.24) is 5.43 Å². The number of carbonyl (C=O) groups excluding carboxylic acids is 1. The van der Waals surface area contributed by atoms with Gasteiger partial charge in [-0.25, -0.2) is 5.43 Å². The molecule has 0 aliphatic heterocycles. The molecule has 0 spiro atoms. The SMILES string of the molecule is COc1ccc(C(=O)N/N=C(/C)c2ccc(Br)s2)cc1OC. The molecule has 0 unspecified atom stereocenters. The molecular weight excluding hydrogens is 368 g/mol. The van der Waals surface area contributed by atoms with Crippen LogP contribution in [-0.2, 0) is 0 Å². The number of carbonyl (C=O) groups is 1. The van der Waals surface area contributed by atoms with Crippen LogP contribution in [0.15, 0.2) is 39.2 Å². The molecule has 5 nitrogen and oxygen atoms in total. The van der Waals surface area contributed by atoms with Crippen LogP contribution in [0, 0.1) is 0 Å². The highest BCUT2D eigenvalue weighted by molar-refractivity contribution is 9.11. The number of hydrogen-bond donors (Lipinski definition) is 1. The van der Waals surface area contributed by atoms with Crippen LogP contribution in [0.3, 0.4) is 0 Å². The molecule has 22 heavy (non-hydrogen) atoms. The molecule has 1 amide bonds. The number of halogens is 1. The summed E-state index contributed by atoms with van der Waals surface area (Å²) < 4.78 is 11.3. The summed E-state index contributed by atoms with van der Waals surface area (Å²) in [5, 5.41) is 4.12. The van der Waals surface area contributed by atoms with Crippen molar-refractivity contribution < 1.29 is 14.3 Å². The van der Waals surface area contributed by atoms with Gasteiger partial charge in [-0.05, 0) is 53.2 Å². The second kappa shape index (κ2) is 7.42. The van der Waals surface area contributed by atoms with Crippen LogP contribution in [-0.4, -0.2) is 25.8 Å². The Morgan fingerprint density at radius 1 is 1.18 bits per heavy atom. The molecule has 1 aromatic carbocycles. The third kappa shape index (κ3) is 3.86. The van der Waals surface area contributed by atoms with Gasteiger partial charge in [0.2, 0.25) is 0 Å². The molecule has 2 aromatic rings. The van der Waals surface area contributed by atoms with E-state index in [0.29, 0.717) is 17.1 Å². The van der Waals surface area contributed by atoms with Gasteiger partial charge in [0.1, 0.15) is 0 Å². The molecular formula is C15H15BrN2O3S. The van der Waals surface area contributed by atoms with E-state index in [-0.39, 0.29) is 5.91 Å². The molecule has 2 rings (SSSR count). The predicted octanol–water partition coefficient (Wildman–Crippen LogP) is 3.68. The van der Waals surface area contributed by atoms with Crippen LogP contribution in [0.1, 0.15) is 22.2 Å². The van der Waals surface area contributed by atoms with Gasteiger partial charge in [-0.2, -0.15) is 5.10 Å². The summed E-state index contributed by atoms with van der Waals surface area (Å²) in [7, 11) is 3.07. The fourth-order valence-electron chi connectivity index (χ4n) is 1.74. The molecule has 1 N–H and O–H groups in total. The van der Waals surface area contributed by atoms with Crippen molar-refractivity contribution in [3.63, 3.8) is 0 Å². The summed E-state index contributed by atoms with van der Waals surface area (Å²) >= 11 is 4.95. The number of benzene rings is 1. The van der Waals surface area contributed by atoms with Crippen molar-refractivity contribution in [1.29, 1.82) is 0 Å². The fraction of sp³-hybridized carbons (Fsp3) is 0.200. The zero-order chi connectivity index (χ0) is 16.1. The van der Waals surface area contributed by atoms with Crippen molar-refractivity contribution in [3.05, 3.63) is 44.6 Å². The Labute approximate surface area is 141 Å². The quantitative estimate of drug-likeness (QED) is 0.633. The average Bonchev–Trinajstić information content (AvgIpc) is 2.98. The molecule has 0 radical (unpaired) electrons. The third-order valence-corrected chi connectivity index (χ3v) is 4.63. The molecule has 0 aliphatic rings. The van der Waals surface area contributed by atoms with Gasteiger partial charge in [0.25, 0.3) is 5.91 Å². The summed E-state index contributed by atoms with van der Waals surface area (Å²) in [5.41, 5.74) is 3.73. The number of ether oxygens (including phenoxy) is 2. The summed E-state index contributed by atoms with van der Waals surface area (Å²) in [6.07, 6.45) is 0. The molecule has 0 bridgehead atoms. The number of nitrogens with one attached hydrogen (secondary N) is 1. The first-order chi connectivity index (χ1) is 10.5. The van der Waals surface area contributed by atoms with E-state index in [1.807, 2.05) is 19.1 Å². The second-order valence-electron chi connectivity index (χ2n) is 4.31. The number of rotatable bonds is 5. The van der Waals surface area contributed by atoms with E-state index in [1.165, 1.54) is 7.11 Å². The van der Waals surface area contributed by atoms with Gasteiger partial charge in [0, 0.05) is 5.56 Å². The molecule has 7 heteroatoms. The summed E-state index contributed by atoms with van der Waals surface area (Å²) in [4.78, 5) is 13.1. The highest BCUT2D eigenvalue weighted by Crippen LogP contribution is 2.27. The molecule has 116 valence electrons. The molecule has 0 fully saturated rings. The van der Waals surface area contributed by atoms with E-state index in [0.717, 1.165) is 14.4 Å². The Balaban J connectivity index is 2.12. The van der Waals surface area contributed by atoms with Crippen molar-refractivity contribution in [2.75, 3.05) is 14.2 Å². The van der Waals surface area contributed by atoms with Gasteiger partial charge in [0.05, 0.1) is 28.6 Å².